The van der Waals surface area contributed by atoms with Gasteiger partial charge in [-0.15, -0.1) is 0 Å². The maximum atomic E-state index is 14.4. The first kappa shape index (κ1) is 31.3. The minimum absolute atomic E-state index is 0.221. The zero-order valence-corrected chi connectivity index (χ0v) is 26.6. The van der Waals surface area contributed by atoms with Crippen molar-refractivity contribution >= 4 is 43.6 Å². The van der Waals surface area contributed by atoms with Crippen molar-refractivity contribution in [3.63, 3.8) is 0 Å². The minimum Gasteiger partial charge on any atom is -0.308 e. The Balaban J connectivity index is 1.60. The van der Waals surface area contributed by atoms with Crippen molar-refractivity contribution in [2.75, 3.05) is 0 Å². The van der Waals surface area contributed by atoms with Gasteiger partial charge in [-0.25, -0.2) is 0 Å². The molecule has 50 heavy (non-hydrogen) atoms. The molecule has 0 radical (unpaired) electrons. The number of rotatable bonds is 3. The van der Waals surface area contributed by atoms with Crippen LogP contribution in [0, 0.1) is 25.2 Å². The molecule has 0 N–H and O–H groups in total. The molecule has 0 fully saturated rings. The van der Waals surface area contributed by atoms with Crippen LogP contribution in [0.25, 0.3) is 66.1 Å². The Bertz CT molecular complexity index is 2720. The van der Waals surface area contributed by atoms with E-state index in [2.05, 4.69) is 6.07 Å². The van der Waals surface area contributed by atoms with Gasteiger partial charge in [-0.2, -0.15) is 31.6 Å². The van der Waals surface area contributed by atoms with Crippen molar-refractivity contribution in [1.29, 1.82) is 5.26 Å². The fraction of sp³-hybridized carbons (Fsp3) is 0.0976. The molecule has 8 rings (SSSR count). The van der Waals surface area contributed by atoms with E-state index < -0.39 is 23.5 Å². The zero-order valence-electron chi connectivity index (χ0n) is 26.6. The van der Waals surface area contributed by atoms with Gasteiger partial charge in [-0.3, -0.25) is 0 Å². The average Bonchev–Trinajstić information content (AvgIpc) is 3.58. The van der Waals surface area contributed by atoms with Crippen LogP contribution in [0.3, 0.4) is 0 Å². The lowest BCUT2D eigenvalue weighted by Crippen LogP contribution is -2.08. The van der Waals surface area contributed by atoms with Gasteiger partial charge in [0.1, 0.15) is 0 Å². The molecule has 3 nitrogen and oxygen atoms in total. The molecule has 0 amide bonds. The van der Waals surface area contributed by atoms with Crippen LogP contribution in [0.2, 0.25) is 0 Å². The number of fused-ring (bicyclic) bond motifs is 6. The highest BCUT2D eigenvalue weighted by molar-refractivity contribution is 6.12. The number of hydrogen-bond donors (Lipinski definition) is 0. The average molecular weight is 674 g/mol. The summed E-state index contributed by atoms with van der Waals surface area (Å²) in [5.74, 6) is 0. The van der Waals surface area contributed by atoms with Gasteiger partial charge in [-0.05, 0) is 91.7 Å². The number of nitrogens with zero attached hydrogens (tertiary/aromatic N) is 3. The van der Waals surface area contributed by atoms with Crippen molar-refractivity contribution in [2.45, 2.75) is 26.2 Å². The van der Waals surface area contributed by atoms with Crippen LogP contribution in [0.1, 0.15) is 27.8 Å². The number of hydrogen-bond acceptors (Lipinski definition) is 1. The van der Waals surface area contributed by atoms with E-state index in [0.717, 1.165) is 51.6 Å². The second kappa shape index (κ2) is 11.0. The van der Waals surface area contributed by atoms with Crippen LogP contribution in [-0.2, 0) is 12.4 Å². The Morgan fingerprint density at radius 1 is 0.500 bits per heavy atom. The molecule has 246 valence electrons. The van der Waals surface area contributed by atoms with Crippen molar-refractivity contribution < 1.29 is 26.3 Å². The number of alkyl halides is 6. The lowest BCUT2D eigenvalue weighted by molar-refractivity contribution is -0.138. The smallest absolute Gasteiger partial charge is 0.308 e. The molecule has 6 aromatic carbocycles. The maximum absolute atomic E-state index is 14.4. The summed E-state index contributed by atoms with van der Waals surface area (Å²) >= 11 is 0. The fourth-order valence-corrected chi connectivity index (χ4v) is 7.17. The Hall–Kier alpha value is -6.01. The Labute approximate surface area is 281 Å². The SMILES string of the molecule is Cc1cc(-c2c(-n3c4ccccc4c4cc(C)ccc43)cc(C#N)cc2-n2c3ccccc3c3cc(C(F)(F)F)ccc32)cc(C(F)(F)F)c1. The Morgan fingerprint density at radius 3 is 1.58 bits per heavy atom. The number of benzene rings is 6. The molecule has 0 spiro atoms. The second-order valence-corrected chi connectivity index (χ2v) is 12.5. The molecule has 0 aliphatic rings. The summed E-state index contributed by atoms with van der Waals surface area (Å²) in [6, 6.07) is 33.4. The maximum Gasteiger partial charge on any atom is 0.416 e. The molecule has 0 bridgehead atoms. The van der Waals surface area contributed by atoms with E-state index >= 15 is 0 Å². The molecule has 0 unspecified atom stereocenters. The van der Waals surface area contributed by atoms with Gasteiger partial charge >= 0.3 is 12.4 Å². The third kappa shape index (κ3) is 4.90. The number of para-hydroxylation sites is 2. The van der Waals surface area contributed by atoms with Gasteiger partial charge in [-0.1, -0.05) is 54.1 Å². The predicted octanol–water partition coefficient (Wildman–Crippen LogP) is 12.1. The third-order valence-corrected chi connectivity index (χ3v) is 9.23. The molecule has 2 aromatic heterocycles. The zero-order chi connectivity index (χ0) is 35.1. The van der Waals surface area contributed by atoms with E-state index in [4.69, 9.17) is 0 Å². The topological polar surface area (TPSA) is 33.6 Å². The molecule has 0 aliphatic carbocycles. The van der Waals surface area contributed by atoms with Crippen molar-refractivity contribution in [3.8, 4) is 28.6 Å². The largest absolute Gasteiger partial charge is 0.416 e. The lowest BCUT2D eigenvalue weighted by atomic mass is 9.95. The Kier molecular flexibility index (Phi) is 6.88. The van der Waals surface area contributed by atoms with Crippen LogP contribution in [-0.4, -0.2) is 9.13 Å². The molecule has 8 aromatic rings. The molecule has 0 saturated heterocycles. The standard InChI is InChI=1S/C41H25F6N3/c1-23-11-13-35-31(17-23)29-7-3-5-9-33(29)49(35)37-18-25(22-48)19-38(39(37)26-15-24(2)16-28(20-26)41(45,46)47)50-34-10-6-4-8-30(34)32-21-27(40(42,43)44)12-14-36(32)50/h3-21H,1-2H3. The highest BCUT2D eigenvalue weighted by Crippen LogP contribution is 2.45. The van der Waals surface area contributed by atoms with Gasteiger partial charge < -0.3 is 9.13 Å². The Morgan fingerprint density at radius 2 is 1.02 bits per heavy atom. The summed E-state index contributed by atoms with van der Waals surface area (Å²) in [5.41, 5.74) is 3.84. The predicted molar refractivity (Wildman–Crippen MR) is 185 cm³/mol. The summed E-state index contributed by atoms with van der Waals surface area (Å²) in [7, 11) is 0. The summed E-state index contributed by atoms with van der Waals surface area (Å²) < 4.78 is 88.7. The molecule has 9 heteroatoms. The summed E-state index contributed by atoms with van der Waals surface area (Å²) in [4.78, 5) is 0. The second-order valence-electron chi connectivity index (χ2n) is 12.5. The number of aryl methyl sites for hydroxylation is 2. The molecule has 0 atom stereocenters. The van der Waals surface area contributed by atoms with E-state index in [1.54, 1.807) is 54.0 Å². The third-order valence-electron chi connectivity index (χ3n) is 9.23. The summed E-state index contributed by atoms with van der Waals surface area (Å²) in [5, 5.41) is 13.1. The fourth-order valence-electron chi connectivity index (χ4n) is 7.17. The molecule has 0 aliphatic heterocycles. The van der Waals surface area contributed by atoms with Crippen LogP contribution in [0.15, 0.2) is 115 Å². The van der Waals surface area contributed by atoms with Crippen molar-refractivity contribution in [2.24, 2.45) is 0 Å². The van der Waals surface area contributed by atoms with Gasteiger partial charge in [0.25, 0.3) is 0 Å². The van der Waals surface area contributed by atoms with E-state index in [1.165, 1.54) is 6.07 Å². The highest BCUT2D eigenvalue weighted by atomic mass is 19.4. The van der Waals surface area contributed by atoms with Crippen LogP contribution < -0.4 is 0 Å². The van der Waals surface area contributed by atoms with E-state index in [0.29, 0.717) is 44.3 Å². The van der Waals surface area contributed by atoms with Crippen LogP contribution in [0.5, 0.6) is 0 Å². The van der Waals surface area contributed by atoms with E-state index in [9.17, 15) is 31.6 Å². The number of nitriles is 1. The molecular weight excluding hydrogens is 648 g/mol. The van der Waals surface area contributed by atoms with Crippen molar-refractivity contribution in [3.05, 3.63) is 143 Å². The molecular formula is C41H25F6N3. The van der Waals surface area contributed by atoms with E-state index in [-0.39, 0.29) is 11.1 Å². The van der Waals surface area contributed by atoms with Gasteiger partial charge in [0, 0.05) is 27.1 Å². The quantitative estimate of drug-likeness (QED) is 0.172. The van der Waals surface area contributed by atoms with Crippen LogP contribution in [0.4, 0.5) is 26.3 Å². The van der Waals surface area contributed by atoms with Gasteiger partial charge in [0.05, 0.1) is 56.2 Å². The molecule has 0 saturated carbocycles. The first-order valence-corrected chi connectivity index (χ1v) is 15.7. The first-order valence-electron chi connectivity index (χ1n) is 15.7. The first-order chi connectivity index (χ1) is 23.8. The van der Waals surface area contributed by atoms with Gasteiger partial charge in [0.2, 0.25) is 0 Å². The number of aromatic nitrogens is 2. The van der Waals surface area contributed by atoms with Crippen LogP contribution >= 0.6 is 0 Å². The molecule has 2 heterocycles. The lowest BCUT2D eigenvalue weighted by Gasteiger charge is -2.22. The monoisotopic (exact) mass is 673 g/mol. The highest BCUT2D eigenvalue weighted by Gasteiger charge is 2.33. The summed E-state index contributed by atoms with van der Waals surface area (Å²) in [6.45, 7) is 3.56. The summed E-state index contributed by atoms with van der Waals surface area (Å²) in [6.07, 6.45) is -9.25. The van der Waals surface area contributed by atoms with Crippen molar-refractivity contribution in [1.82, 2.24) is 9.13 Å². The normalized spacial score (nSPS) is 12.4. The number of halogens is 6. The minimum atomic E-state index is -4.65. The van der Waals surface area contributed by atoms with E-state index in [1.807, 2.05) is 54.0 Å². The van der Waals surface area contributed by atoms with Gasteiger partial charge in [0.15, 0.2) is 0 Å².